The molecule has 4 aromatic carbocycles. The first-order valence-electron chi connectivity index (χ1n) is 21.5. The number of hydrogen-bond donors (Lipinski definition) is 4. The van der Waals surface area contributed by atoms with Crippen molar-refractivity contribution >= 4 is 33.4 Å². The minimum absolute atomic E-state index is 0.454. The second-order valence-electron chi connectivity index (χ2n) is 16.6. The highest BCUT2D eigenvalue weighted by molar-refractivity contribution is 6.05. The van der Waals surface area contributed by atoms with Crippen molar-refractivity contribution in [1.82, 2.24) is 10.6 Å². The highest BCUT2D eigenvalue weighted by atomic mass is 16.3. The molecule has 0 saturated carbocycles. The summed E-state index contributed by atoms with van der Waals surface area (Å²) < 4.78 is 0. The number of aliphatic hydroxyl groups is 2. The van der Waals surface area contributed by atoms with Crippen LogP contribution in [0.5, 0.6) is 0 Å². The maximum absolute atomic E-state index is 14.8. The molecule has 0 aliphatic rings. The van der Waals surface area contributed by atoms with Crippen LogP contribution in [0.15, 0.2) is 84.9 Å². The van der Waals surface area contributed by atoms with Gasteiger partial charge in [-0.3, -0.25) is 9.59 Å². The summed E-state index contributed by atoms with van der Waals surface area (Å²) in [6.45, 7) is 11.9. The largest absolute Gasteiger partial charge is 0.387 e. The smallest absolute Gasteiger partial charge is 0.235 e. The minimum atomic E-state index is -1.53. The molecule has 300 valence electrons. The third-order valence-electron chi connectivity index (χ3n) is 11.9. The van der Waals surface area contributed by atoms with Gasteiger partial charge in [0.15, 0.2) is 0 Å². The van der Waals surface area contributed by atoms with Crippen LogP contribution in [0.3, 0.4) is 0 Å². The summed E-state index contributed by atoms with van der Waals surface area (Å²) in [5, 5.41) is 36.1. The average Bonchev–Trinajstić information content (AvgIpc) is 3.19. The molecule has 0 bridgehead atoms. The Labute approximate surface area is 331 Å². The quantitative estimate of drug-likeness (QED) is 0.0423. The molecule has 0 fully saturated rings. The van der Waals surface area contributed by atoms with E-state index in [9.17, 15) is 19.8 Å². The molecule has 0 saturated heterocycles. The van der Waals surface area contributed by atoms with Gasteiger partial charge in [-0.25, -0.2) is 0 Å². The number of unbranched alkanes of at least 4 members (excludes halogenated alkanes) is 8. The average molecular weight is 751 g/mol. The Morgan fingerprint density at radius 3 is 1.13 bits per heavy atom. The number of rotatable bonds is 24. The zero-order chi connectivity index (χ0) is 39.9. The maximum Gasteiger partial charge on any atom is 0.235 e. The summed E-state index contributed by atoms with van der Waals surface area (Å²) in [6.07, 6.45) is 13.5. The molecule has 0 aromatic heterocycles. The molecule has 4 aromatic rings. The summed E-state index contributed by atoms with van der Waals surface area (Å²) in [6, 6.07) is 26.8. The lowest BCUT2D eigenvalue weighted by Gasteiger charge is -2.41. The number of carbonyl (C=O) groups excluding carboxylic acids is 2. The van der Waals surface area contributed by atoms with E-state index in [0.717, 1.165) is 110 Å². The van der Waals surface area contributed by atoms with Gasteiger partial charge >= 0.3 is 0 Å². The molecular weight excluding hydrogens is 681 g/mol. The summed E-state index contributed by atoms with van der Waals surface area (Å²) in [5.41, 5.74) is -2.27. The van der Waals surface area contributed by atoms with E-state index in [-0.39, 0.29) is 0 Å². The first kappa shape index (κ1) is 44.0. The number of hydrogen-bond acceptors (Lipinski definition) is 4. The van der Waals surface area contributed by atoms with Gasteiger partial charge in [0.1, 0.15) is 5.41 Å². The Hall–Kier alpha value is -3.74. The van der Waals surface area contributed by atoms with Gasteiger partial charge in [0, 0.05) is 0 Å². The third-order valence-corrected chi connectivity index (χ3v) is 11.9. The van der Waals surface area contributed by atoms with Crippen molar-refractivity contribution in [3.05, 3.63) is 96.1 Å². The van der Waals surface area contributed by atoms with Crippen LogP contribution in [0, 0.1) is 5.41 Å². The van der Waals surface area contributed by atoms with E-state index in [1.54, 1.807) is 13.8 Å². The summed E-state index contributed by atoms with van der Waals surface area (Å²) >= 11 is 0. The molecule has 0 aliphatic heterocycles. The Morgan fingerprint density at radius 2 is 0.800 bits per heavy atom. The van der Waals surface area contributed by atoms with E-state index in [1.165, 1.54) is 0 Å². The molecule has 6 nitrogen and oxygen atoms in total. The first-order valence-corrected chi connectivity index (χ1v) is 21.5. The Kier molecular flexibility index (Phi) is 16.8. The molecule has 0 unspecified atom stereocenters. The van der Waals surface area contributed by atoms with Gasteiger partial charge in [-0.05, 0) is 72.2 Å². The summed E-state index contributed by atoms with van der Waals surface area (Å²) in [4.78, 5) is 29.6. The van der Waals surface area contributed by atoms with E-state index in [1.807, 2.05) is 60.7 Å². The fraction of sp³-hybridized carbons (Fsp3) is 0.551. The van der Waals surface area contributed by atoms with Gasteiger partial charge in [-0.2, -0.15) is 0 Å². The lowest BCUT2D eigenvalue weighted by atomic mass is 9.77. The molecular formula is C49H70N2O4. The number of amides is 2. The molecule has 0 heterocycles. The Balaban J connectivity index is 1.77. The van der Waals surface area contributed by atoms with Gasteiger partial charge in [0.25, 0.3) is 0 Å². The number of fused-ring (bicyclic) bond motifs is 2. The fourth-order valence-corrected chi connectivity index (χ4v) is 8.29. The van der Waals surface area contributed by atoms with Crippen molar-refractivity contribution in [2.75, 3.05) is 0 Å². The van der Waals surface area contributed by atoms with E-state index in [0.29, 0.717) is 25.7 Å². The van der Waals surface area contributed by atoms with E-state index < -0.39 is 40.5 Å². The van der Waals surface area contributed by atoms with Gasteiger partial charge in [-0.1, -0.05) is 190 Å². The monoisotopic (exact) mass is 751 g/mol. The molecule has 2 atom stereocenters. The van der Waals surface area contributed by atoms with Gasteiger partial charge in [-0.15, -0.1) is 0 Å². The SMILES string of the molecule is CCCCCC(O)(CCCCC)[C@@H](NC(=O)C(C)(C)C(=O)N[C@@H](c1cccc2ccccc12)C(O)(CCCCC)CCCCC)c1cccc2ccccc12. The summed E-state index contributed by atoms with van der Waals surface area (Å²) in [5.74, 6) is -0.908. The minimum Gasteiger partial charge on any atom is -0.387 e. The van der Waals surface area contributed by atoms with Crippen molar-refractivity contribution in [2.24, 2.45) is 5.41 Å². The van der Waals surface area contributed by atoms with Crippen molar-refractivity contribution in [3.8, 4) is 0 Å². The summed E-state index contributed by atoms with van der Waals surface area (Å²) in [7, 11) is 0. The van der Waals surface area contributed by atoms with Crippen molar-refractivity contribution in [3.63, 3.8) is 0 Å². The molecule has 0 aliphatic carbocycles. The predicted octanol–water partition coefficient (Wildman–Crippen LogP) is 11.8. The van der Waals surface area contributed by atoms with Crippen LogP contribution in [0.25, 0.3) is 21.5 Å². The molecule has 0 radical (unpaired) electrons. The Morgan fingerprint density at radius 1 is 0.491 bits per heavy atom. The van der Waals surface area contributed by atoms with Crippen LogP contribution in [-0.4, -0.2) is 33.2 Å². The highest BCUT2D eigenvalue weighted by Crippen LogP contribution is 2.41. The van der Waals surface area contributed by atoms with Crippen LogP contribution in [0.2, 0.25) is 0 Å². The van der Waals surface area contributed by atoms with Crippen LogP contribution in [0.4, 0.5) is 0 Å². The topological polar surface area (TPSA) is 98.7 Å². The zero-order valence-corrected chi connectivity index (χ0v) is 34.8. The maximum atomic E-state index is 14.8. The number of benzene rings is 4. The lowest BCUT2D eigenvalue weighted by Crippen LogP contribution is -2.55. The third kappa shape index (κ3) is 11.2. The number of nitrogens with one attached hydrogen (secondary N) is 2. The van der Waals surface area contributed by atoms with E-state index in [4.69, 9.17) is 0 Å². The molecule has 2 amide bonds. The normalized spacial score (nSPS) is 13.5. The molecule has 55 heavy (non-hydrogen) atoms. The van der Waals surface area contributed by atoms with Gasteiger partial charge in [0.2, 0.25) is 11.8 Å². The first-order chi connectivity index (χ1) is 26.5. The lowest BCUT2D eigenvalue weighted by molar-refractivity contribution is -0.145. The van der Waals surface area contributed by atoms with E-state index in [2.05, 4.69) is 62.6 Å². The van der Waals surface area contributed by atoms with Gasteiger partial charge in [0.05, 0.1) is 23.3 Å². The van der Waals surface area contributed by atoms with Crippen LogP contribution >= 0.6 is 0 Å². The molecule has 6 heteroatoms. The van der Waals surface area contributed by atoms with E-state index >= 15 is 0 Å². The molecule has 4 rings (SSSR count). The van der Waals surface area contributed by atoms with Crippen molar-refractivity contribution in [2.45, 2.75) is 168 Å². The van der Waals surface area contributed by atoms with Crippen LogP contribution in [0.1, 0.15) is 167 Å². The predicted molar refractivity (Wildman–Crippen MR) is 230 cm³/mol. The standard InChI is InChI=1S/C49H70N2O4/c1-7-11-19-33-48(54,34-20-12-8-2)43(41-31-23-27-37-25-15-17-29-39(37)41)50-45(52)47(5,6)46(53)51-44(42-32-24-28-38-26-16-18-30-40(38)42)49(55,35-21-13-9-3)36-22-14-10-4/h15-18,23-32,43-44,54-55H,7-14,19-22,33-36H2,1-6H3,(H,50,52)(H,51,53)/t43-,44-/m0/s1. The second kappa shape index (κ2) is 21.0. The Bertz CT molecular complexity index is 1640. The molecule has 0 spiro atoms. The second-order valence-corrected chi connectivity index (χ2v) is 16.6. The zero-order valence-electron chi connectivity index (χ0n) is 34.8. The van der Waals surface area contributed by atoms with Crippen molar-refractivity contribution in [1.29, 1.82) is 0 Å². The highest BCUT2D eigenvalue weighted by Gasteiger charge is 2.46. The molecule has 4 N–H and O–H groups in total. The van der Waals surface area contributed by atoms with Crippen LogP contribution < -0.4 is 10.6 Å². The van der Waals surface area contributed by atoms with Crippen molar-refractivity contribution < 1.29 is 19.8 Å². The fourth-order valence-electron chi connectivity index (χ4n) is 8.29. The van der Waals surface area contributed by atoms with Crippen LogP contribution in [-0.2, 0) is 9.59 Å². The number of carbonyl (C=O) groups is 2. The van der Waals surface area contributed by atoms with Gasteiger partial charge < -0.3 is 20.8 Å².